The molecule has 0 unspecified atom stereocenters. The quantitative estimate of drug-likeness (QED) is 0.910. The van der Waals surface area contributed by atoms with Gasteiger partial charge in [0.25, 0.3) is 0 Å². The number of aliphatic hydroxyl groups is 1. The topological polar surface area (TPSA) is 32.7 Å². The normalized spacial score (nSPS) is 37.8. The van der Waals surface area contributed by atoms with Gasteiger partial charge in [-0.25, -0.2) is 0 Å². The van der Waals surface area contributed by atoms with Crippen LogP contribution in [0.5, 0.6) is 5.75 Å². The minimum absolute atomic E-state index is 0.0475. The van der Waals surface area contributed by atoms with Gasteiger partial charge >= 0.3 is 0 Å². The Labute approximate surface area is 151 Å². The second-order valence-corrected chi connectivity index (χ2v) is 9.00. The molecule has 0 radical (unpaired) electrons. The summed E-state index contributed by atoms with van der Waals surface area (Å²) in [6.45, 7) is 2.36. The molecule has 3 heteroatoms. The summed E-state index contributed by atoms with van der Waals surface area (Å²) in [5, 5.41) is 12.1. The summed E-state index contributed by atoms with van der Waals surface area (Å²) < 4.78 is 5.53. The zero-order chi connectivity index (χ0) is 17.1. The lowest BCUT2D eigenvalue weighted by atomic mass is 9.49. The van der Waals surface area contributed by atoms with Gasteiger partial charge in [0.2, 0.25) is 0 Å². The van der Waals surface area contributed by atoms with E-state index in [-0.39, 0.29) is 5.41 Å². The molecule has 25 heavy (non-hydrogen) atoms. The van der Waals surface area contributed by atoms with Gasteiger partial charge in [-0.05, 0) is 74.2 Å². The highest BCUT2D eigenvalue weighted by Crippen LogP contribution is 2.58. The molecule has 4 aliphatic rings. The minimum atomic E-state index is -0.549. The zero-order valence-corrected chi connectivity index (χ0v) is 15.5. The van der Waals surface area contributed by atoms with E-state index in [0.717, 1.165) is 43.9 Å². The fourth-order valence-corrected chi connectivity index (χ4v) is 6.44. The standard InChI is InChI=1S/C22H31NO2/c1-25-18-8-7-17-13-20-22(24)10-3-2-9-21(22,19(17)14-18)11-12-23(20)15-16-5-4-6-16/h7-8,14,16,20,24H,2-6,9-13,15H2,1H3/t20-,21-,22-/m1/s1. The van der Waals surface area contributed by atoms with Crippen molar-refractivity contribution in [1.82, 2.24) is 4.90 Å². The van der Waals surface area contributed by atoms with Gasteiger partial charge < -0.3 is 9.84 Å². The SMILES string of the molecule is COc1ccc2c(c1)[C@]13CCCC[C@@]1(O)[C@@H](C2)N(CC1CCC1)CC3. The highest BCUT2D eigenvalue weighted by atomic mass is 16.5. The van der Waals surface area contributed by atoms with Crippen molar-refractivity contribution in [3.8, 4) is 5.75 Å². The molecule has 1 aromatic rings. The highest BCUT2D eigenvalue weighted by Gasteiger charge is 2.63. The van der Waals surface area contributed by atoms with Crippen molar-refractivity contribution in [2.45, 2.75) is 74.8 Å². The molecular formula is C22H31NO2. The van der Waals surface area contributed by atoms with Gasteiger partial charge in [-0.1, -0.05) is 25.3 Å². The first-order valence-corrected chi connectivity index (χ1v) is 10.3. The second-order valence-electron chi connectivity index (χ2n) is 9.00. The van der Waals surface area contributed by atoms with E-state index >= 15 is 0 Å². The third kappa shape index (κ3) is 2.18. The van der Waals surface area contributed by atoms with E-state index in [0.29, 0.717) is 6.04 Å². The van der Waals surface area contributed by atoms with Gasteiger partial charge in [-0.2, -0.15) is 0 Å². The predicted molar refractivity (Wildman–Crippen MR) is 99.1 cm³/mol. The van der Waals surface area contributed by atoms with Gasteiger partial charge in [-0.15, -0.1) is 0 Å². The molecule has 0 aromatic heterocycles. The number of hydrogen-bond acceptors (Lipinski definition) is 3. The molecule has 3 atom stereocenters. The Balaban J connectivity index is 1.58. The van der Waals surface area contributed by atoms with E-state index < -0.39 is 5.60 Å². The van der Waals surface area contributed by atoms with E-state index in [1.165, 1.54) is 49.8 Å². The van der Waals surface area contributed by atoms with E-state index in [1.807, 2.05) is 0 Å². The third-order valence-electron chi connectivity index (χ3n) is 8.02. The molecule has 3 aliphatic carbocycles. The van der Waals surface area contributed by atoms with E-state index in [4.69, 9.17) is 4.74 Å². The van der Waals surface area contributed by atoms with Crippen molar-refractivity contribution < 1.29 is 9.84 Å². The maximum absolute atomic E-state index is 12.1. The average Bonchev–Trinajstić information content (AvgIpc) is 2.59. The van der Waals surface area contributed by atoms with Crippen LogP contribution in [0.1, 0.15) is 62.5 Å². The van der Waals surface area contributed by atoms with E-state index in [9.17, 15) is 5.11 Å². The van der Waals surface area contributed by atoms with Crippen molar-refractivity contribution in [3.05, 3.63) is 29.3 Å². The van der Waals surface area contributed by atoms with E-state index in [2.05, 4.69) is 23.1 Å². The molecule has 1 aromatic carbocycles. The fourth-order valence-electron chi connectivity index (χ4n) is 6.44. The summed E-state index contributed by atoms with van der Waals surface area (Å²) in [5.74, 6) is 1.81. The minimum Gasteiger partial charge on any atom is -0.497 e. The van der Waals surface area contributed by atoms with E-state index in [1.54, 1.807) is 7.11 Å². The first kappa shape index (κ1) is 16.1. The number of piperidine rings is 1. The van der Waals surface area contributed by atoms with Crippen molar-refractivity contribution in [2.75, 3.05) is 20.2 Å². The lowest BCUT2D eigenvalue weighted by Crippen LogP contribution is -2.72. The van der Waals surface area contributed by atoms with Gasteiger partial charge in [0.05, 0.1) is 12.7 Å². The van der Waals surface area contributed by atoms with Crippen LogP contribution in [0.4, 0.5) is 0 Å². The lowest BCUT2D eigenvalue weighted by Gasteiger charge is -2.64. The molecule has 136 valence electrons. The maximum atomic E-state index is 12.1. The summed E-state index contributed by atoms with van der Waals surface area (Å²) in [5.41, 5.74) is 2.25. The van der Waals surface area contributed by atoms with Crippen LogP contribution in [-0.2, 0) is 11.8 Å². The molecule has 1 heterocycles. The molecule has 2 bridgehead atoms. The molecule has 3 fully saturated rings. The molecular weight excluding hydrogens is 310 g/mol. The predicted octanol–water partition coefficient (Wildman–Crippen LogP) is 3.67. The van der Waals surface area contributed by atoms with Gasteiger partial charge in [0, 0.05) is 18.0 Å². The Bertz CT molecular complexity index is 670. The Morgan fingerprint density at radius 1 is 1.16 bits per heavy atom. The number of benzene rings is 1. The summed E-state index contributed by atoms with van der Waals surface area (Å²) >= 11 is 0. The van der Waals surface area contributed by atoms with Crippen LogP contribution in [0.25, 0.3) is 0 Å². The van der Waals surface area contributed by atoms with Gasteiger partial charge in [0.15, 0.2) is 0 Å². The van der Waals surface area contributed by atoms with Gasteiger partial charge in [-0.3, -0.25) is 4.90 Å². The van der Waals surface area contributed by atoms with Crippen LogP contribution in [0.2, 0.25) is 0 Å². The Morgan fingerprint density at radius 2 is 2.00 bits per heavy atom. The van der Waals surface area contributed by atoms with Crippen molar-refractivity contribution in [2.24, 2.45) is 5.92 Å². The molecule has 1 saturated heterocycles. The van der Waals surface area contributed by atoms with Crippen LogP contribution >= 0.6 is 0 Å². The van der Waals surface area contributed by atoms with Crippen molar-refractivity contribution in [1.29, 1.82) is 0 Å². The fraction of sp³-hybridized carbons (Fsp3) is 0.727. The molecule has 5 rings (SSSR count). The number of hydrogen-bond donors (Lipinski definition) is 1. The smallest absolute Gasteiger partial charge is 0.119 e. The largest absolute Gasteiger partial charge is 0.497 e. The van der Waals surface area contributed by atoms with Gasteiger partial charge in [0.1, 0.15) is 5.75 Å². The Morgan fingerprint density at radius 3 is 2.76 bits per heavy atom. The summed E-state index contributed by atoms with van der Waals surface area (Å²) in [7, 11) is 1.75. The molecule has 3 nitrogen and oxygen atoms in total. The summed E-state index contributed by atoms with van der Waals surface area (Å²) in [6, 6.07) is 6.92. The van der Waals surface area contributed by atoms with Crippen LogP contribution in [-0.4, -0.2) is 41.8 Å². The number of ether oxygens (including phenoxy) is 1. The Kier molecular flexibility index (Phi) is 3.69. The lowest BCUT2D eigenvalue weighted by molar-refractivity contribution is -0.169. The van der Waals surface area contributed by atoms with Crippen LogP contribution < -0.4 is 4.74 Å². The number of fused-ring (bicyclic) bond motifs is 1. The van der Waals surface area contributed by atoms with Crippen LogP contribution in [0, 0.1) is 5.92 Å². The monoisotopic (exact) mass is 341 g/mol. The first-order chi connectivity index (χ1) is 12.2. The van der Waals surface area contributed by atoms with Crippen molar-refractivity contribution >= 4 is 0 Å². The zero-order valence-electron chi connectivity index (χ0n) is 15.5. The molecule has 1 aliphatic heterocycles. The number of likely N-dealkylation sites (tertiary alicyclic amines) is 1. The second kappa shape index (κ2) is 5.72. The van der Waals surface area contributed by atoms with Crippen LogP contribution in [0.15, 0.2) is 18.2 Å². The third-order valence-corrected chi connectivity index (χ3v) is 8.02. The molecule has 0 amide bonds. The number of methoxy groups -OCH3 is 1. The van der Waals surface area contributed by atoms with Crippen LogP contribution in [0.3, 0.4) is 0 Å². The summed E-state index contributed by atoms with van der Waals surface area (Å²) in [4.78, 5) is 2.67. The Hall–Kier alpha value is -1.06. The molecule has 2 saturated carbocycles. The number of rotatable bonds is 3. The molecule has 0 spiro atoms. The summed E-state index contributed by atoms with van der Waals surface area (Å²) in [6.07, 6.45) is 10.8. The molecule has 1 N–H and O–H groups in total. The highest BCUT2D eigenvalue weighted by molar-refractivity contribution is 5.48. The average molecular weight is 341 g/mol. The first-order valence-electron chi connectivity index (χ1n) is 10.3. The maximum Gasteiger partial charge on any atom is 0.119 e. The number of nitrogens with zero attached hydrogens (tertiary/aromatic N) is 1. The van der Waals surface area contributed by atoms with Crippen molar-refractivity contribution in [3.63, 3.8) is 0 Å².